The quantitative estimate of drug-likeness (QED) is 0.314. The fourth-order valence-electron chi connectivity index (χ4n) is 5.42. The second-order valence-corrected chi connectivity index (χ2v) is 10.1. The maximum absolute atomic E-state index is 14.8. The number of nitrogens with one attached hydrogen (secondary N) is 2. The predicted molar refractivity (Wildman–Crippen MR) is 136 cm³/mol. The minimum Gasteiger partial charge on any atom is -0.496 e. The number of methoxy groups -OCH3 is 1. The average molecular weight is 499 g/mol. The second kappa shape index (κ2) is 10.2. The van der Waals surface area contributed by atoms with Crippen LogP contribution < -0.4 is 21.1 Å². The maximum Gasteiger partial charge on any atom is 0.259 e. The van der Waals surface area contributed by atoms with Crippen molar-refractivity contribution in [1.82, 2.24) is 30.0 Å². The van der Waals surface area contributed by atoms with E-state index in [1.807, 2.05) is 12.1 Å². The zero-order valence-electron chi connectivity index (χ0n) is 20.9. The molecule has 10 nitrogen and oxygen atoms in total. The Kier molecular flexibility index (Phi) is 6.96. The van der Waals surface area contributed by atoms with Gasteiger partial charge in [0.1, 0.15) is 11.3 Å². The lowest BCUT2D eigenvalue weighted by atomic mass is 9.74. The van der Waals surface area contributed by atoms with Crippen LogP contribution in [0.4, 0.5) is 16.2 Å². The molecule has 2 aromatic heterocycles. The highest BCUT2D eigenvalue weighted by atomic mass is 19.1. The molecule has 0 amide bonds. The molecule has 36 heavy (non-hydrogen) atoms. The molecule has 0 unspecified atom stereocenters. The number of benzene rings is 1. The van der Waals surface area contributed by atoms with Crippen molar-refractivity contribution in [2.45, 2.75) is 45.3 Å². The molecule has 2 aliphatic heterocycles. The first-order valence-corrected chi connectivity index (χ1v) is 12.6. The fraction of sp³-hybridized carbons (Fsp3) is 0.560. The molecule has 0 bridgehead atoms. The fourth-order valence-corrected chi connectivity index (χ4v) is 5.42. The van der Waals surface area contributed by atoms with Crippen LogP contribution in [0.1, 0.15) is 37.3 Å². The van der Waals surface area contributed by atoms with Crippen LogP contribution in [0.15, 0.2) is 18.2 Å². The number of nitrogen functional groups attached to an aromatic ring is 1. The third-order valence-corrected chi connectivity index (χ3v) is 7.21. The van der Waals surface area contributed by atoms with Gasteiger partial charge in [0.25, 0.3) is 5.95 Å². The molecule has 0 saturated carbocycles. The highest BCUT2D eigenvalue weighted by molar-refractivity contribution is 5.87. The topological polar surface area (TPSA) is 126 Å². The Labute approximate surface area is 210 Å². The van der Waals surface area contributed by atoms with Crippen molar-refractivity contribution in [3.05, 3.63) is 35.3 Å². The molecule has 5 rings (SSSR count). The van der Waals surface area contributed by atoms with Crippen LogP contribution >= 0.6 is 0 Å². The Balaban J connectivity index is 1.40. The van der Waals surface area contributed by atoms with E-state index >= 15 is 0 Å². The van der Waals surface area contributed by atoms with E-state index in [0.29, 0.717) is 23.2 Å². The van der Waals surface area contributed by atoms with E-state index in [9.17, 15) is 9.50 Å². The molecule has 3 aromatic rings. The van der Waals surface area contributed by atoms with Gasteiger partial charge in [0.05, 0.1) is 13.7 Å². The predicted octanol–water partition coefficient (Wildman–Crippen LogP) is 1.97. The van der Waals surface area contributed by atoms with Gasteiger partial charge in [-0.25, -0.2) is 4.98 Å². The molecule has 194 valence electrons. The number of fused-ring (bicyclic) bond motifs is 1. The van der Waals surface area contributed by atoms with Gasteiger partial charge in [0.15, 0.2) is 11.3 Å². The minimum atomic E-state index is -0.705. The molecule has 0 radical (unpaired) electrons. The van der Waals surface area contributed by atoms with Crippen molar-refractivity contribution in [2.75, 3.05) is 50.9 Å². The van der Waals surface area contributed by atoms with E-state index in [-0.39, 0.29) is 30.7 Å². The van der Waals surface area contributed by atoms with E-state index in [4.69, 9.17) is 10.5 Å². The standard InChI is InChI=1S/C25H35FN8O2/c1-3-4-18(7-8-35)29-23-21-20(30-24(27)31-23)22(26)32-34(21)11-17-6-5-16(9-19(17)36-2)10-33-14-25(15-33)12-28-13-25/h5-6,9,18,28,35H,3-4,7-8,10-15H2,1-2H3,(H3,27,29,30,31)/t18-/m0/s1. The number of likely N-dealkylation sites (tertiary alicyclic amines) is 1. The molecular weight excluding hydrogens is 463 g/mol. The maximum atomic E-state index is 14.8. The Morgan fingerprint density at radius 2 is 2.06 bits per heavy atom. The summed E-state index contributed by atoms with van der Waals surface area (Å²) in [6.45, 7) is 7.74. The summed E-state index contributed by atoms with van der Waals surface area (Å²) >= 11 is 0. The van der Waals surface area contributed by atoms with Gasteiger partial charge in [-0.3, -0.25) is 9.58 Å². The van der Waals surface area contributed by atoms with Crippen LogP contribution in [-0.2, 0) is 13.1 Å². The summed E-state index contributed by atoms with van der Waals surface area (Å²) in [4.78, 5) is 10.9. The molecule has 1 spiro atoms. The van der Waals surface area contributed by atoms with Crippen molar-refractivity contribution in [3.8, 4) is 5.75 Å². The Hall–Kier alpha value is -3.02. The molecule has 1 aromatic carbocycles. The van der Waals surface area contributed by atoms with Crippen LogP contribution in [0.5, 0.6) is 5.75 Å². The first-order chi connectivity index (χ1) is 17.4. The summed E-state index contributed by atoms with van der Waals surface area (Å²) in [5, 5.41) is 20.3. The van der Waals surface area contributed by atoms with Gasteiger partial charge in [0.2, 0.25) is 5.95 Å². The molecule has 4 heterocycles. The average Bonchev–Trinajstić information content (AvgIpc) is 3.10. The summed E-state index contributed by atoms with van der Waals surface area (Å²) < 4.78 is 22.1. The summed E-state index contributed by atoms with van der Waals surface area (Å²) in [5.41, 5.74) is 8.93. The van der Waals surface area contributed by atoms with Crippen molar-refractivity contribution in [1.29, 1.82) is 0 Å². The number of anilines is 2. The molecule has 2 aliphatic rings. The molecule has 0 aliphatic carbocycles. The molecule has 5 N–H and O–H groups in total. The van der Waals surface area contributed by atoms with Gasteiger partial charge >= 0.3 is 0 Å². The van der Waals surface area contributed by atoms with Crippen LogP contribution in [0, 0.1) is 11.4 Å². The van der Waals surface area contributed by atoms with Gasteiger partial charge in [0, 0.05) is 56.4 Å². The lowest BCUT2D eigenvalue weighted by Gasteiger charge is -2.56. The Bertz CT molecular complexity index is 1210. The van der Waals surface area contributed by atoms with E-state index < -0.39 is 5.95 Å². The number of hydrogen-bond acceptors (Lipinski definition) is 9. The number of halogens is 1. The number of nitrogens with two attached hydrogens (primary N) is 1. The lowest BCUT2D eigenvalue weighted by molar-refractivity contribution is -0.0444. The summed E-state index contributed by atoms with van der Waals surface area (Å²) in [6, 6.07) is 6.12. The van der Waals surface area contributed by atoms with Crippen LogP contribution in [-0.4, -0.2) is 75.7 Å². The van der Waals surface area contributed by atoms with Crippen molar-refractivity contribution < 1.29 is 14.2 Å². The Morgan fingerprint density at radius 1 is 1.25 bits per heavy atom. The van der Waals surface area contributed by atoms with Gasteiger partial charge in [-0.05, 0) is 24.5 Å². The SMILES string of the molecule is CCC[C@@H](CCO)Nc1nc(N)nc2c(F)nn(Cc3ccc(CN4CC5(CNC5)C4)cc3OC)c12. The van der Waals surface area contributed by atoms with Gasteiger partial charge in [-0.2, -0.15) is 9.37 Å². The highest BCUT2D eigenvalue weighted by Crippen LogP contribution is 2.35. The molecule has 1 atom stereocenters. The zero-order chi connectivity index (χ0) is 25.3. The summed E-state index contributed by atoms with van der Waals surface area (Å²) in [6.07, 6.45) is 2.29. The van der Waals surface area contributed by atoms with Gasteiger partial charge < -0.3 is 26.2 Å². The van der Waals surface area contributed by atoms with Crippen LogP contribution in [0.3, 0.4) is 0 Å². The van der Waals surface area contributed by atoms with Crippen molar-refractivity contribution in [2.24, 2.45) is 5.41 Å². The van der Waals surface area contributed by atoms with Crippen LogP contribution in [0.2, 0.25) is 0 Å². The zero-order valence-corrected chi connectivity index (χ0v) is 20.9. The van der Waals surface area contributed by atoms with Gasteiger partial charge in [-0.1, -0.05) is 25.5 Å². The van der Waals surface area contributed by atoms with E-state index in [1.54, 1.807) is 11.8 Å². The number of aliphatic hydroxyl groups is 1. The number of nitrogens with zero attached hydrogens (tertiary/aromatic N) is 5. The Morgan fingerprint density at radius 3 is 2.72 bits per heavy atom. The second-order valence-electron chi connectivity index (χ2n) is 10.1. The summed E-state index contributed by atoms with van der Waals surface area (Å²) in [5.74, 6) is 0.403. The number of aromatic nitrogens is 4. The van der Waals surface area contributed by atoms with E-state index in [1.165, 1.54) is 5.56 Å². The van der Waals surface area contributed by atoms with Crippen LogP contribution in [0.25, 0.3) is 11.0 Å². The third kappa shape index (κ3) is 4.82. The third-order valence-electron chi connectivity index (χ3n) is 7.21. The smallest absolute Gasteiger partial charge is 0.259 e. The highest BCUT2D eigenvalue weighted by Gasteiger charge is 2.47. The number of hydrogen-bond donors (Lipinski definition) is 4. The normalized spacial score (nSPS) is 17.7. The number of rotatable bonds is 11. The largest absolute Gasteiger partial charge is 0.496 e. The van der Waals surface area contributed by atoms with Crippen molar-refractivity contribution in [3.63, 3.8) is 0 Å². The first-order valence-electron chi connectivity index (χ1n) is 12.6. The van der Waals surface area contributed by atoms with E-state index in [0.717, 1.165) is 56.9 Å². The lowest BCUT2D eigenvalue weighted by Crippen LogP contribution is -2.70. The van der Waals surface area contributed by atoms with Crippen molar-refractivity contribution >= 4 is 22.8 Å². The first kappa shape index (κ1) is 24.7. The number of aliphatic hydroxyl groups excluding tert-OH is 1. The molecule has 2 fully saturated rings. The molecule has 2 saturated heterocycles. The number of ether oxygens (including phenoxy) is 1. The van der Waals surface area contributed by atoms with E-state index in [2.05, 4.69) is 43.6 Å². The minimum absolute atomic E-state index is 0.0323. The monoisotopic (exact) mass is 498 g/mol. The van der Waals surface area contributed by atoms with Gasteiger partial charge in [-0.15, -0.1) is 5.10 Å². The molecule has 11 heteroatoms. The molecular formula is C25H35FN8O2. The summed E-state index contributed by atoms with van der Waals surface area (Å²) in [7, 11) is 1.64.